The van der Waals surface area contributed by atoms with E-state index in [1.807, 2.05) is 13.0 Å². The maximum Gasteiger partial charge on any atom is 0.264 e. The highest BCUT2D eigenvalue weighted by Gasteiger charge is 2.32. The first kappa shape index (κ1) is 17.8. The Labute approximate surface area is 148 Å². The minimum Gasteiger partial charge on any atom is -0.496 e. The molecule has 1 heterocycles. The summed E-state index contributed by atoms with van der Waals surface area (Å²) < 4.78 is 33.5. The van der Waals surface area contributed by atoms with Crippen molar-refractivity contribution in [3.8, 4) is 5.75 Å². The average molecular weight is 361 g/mol. The number of sulfonamides is 1. The monoisotopic (exact) mass is 361 g/mol. The van der Waals surface area contributed by atoms with E-state index in [1.54, 1.807) is 44.4 Å². The maximum absolute atomic E-state index is 13.4. The van der Waals surface area contributed by atoms with Crippen LogP contribution in [0, 0.1) is 13.8 Å². The fraction of sp³-hybridized carbons (Fsp3) is 0.368. The summed E-state index contributed by atoms with van der Waals surface area (Å²) in [4.78, 5) is 0.275. The number of aliphatic hydroxyl groups is 1. The number of para-hydroxylation sites is 1. The summed E-state index contributed by atoms with van der Waals surface area (Å²) >= 11 is 0. The first-order chi connectivity index (χ1) is 11.9. The van der Waals surface area contributed by atoms with E-state index in [0.717, 1.165) is 5.56 Å². The molecule has 1 aliphatic heterocycles. The van der Waals surface area contributed by atoms with Gasteiger partial charge in [-0.25, -0.2) is 8.42 Å². The highest BCUT2D eigenvalue weighted by atomic mass is 32.2. The predicted molar refractivity (Wildman–Crippen MR) is 97.6 cm³/mol. The largest absolute Gasteiger partial charge is 0.496 e. The van der Waals surface area contributed by atoms with Gasteiger partial charge in [0.2, 0.25) is 0 Å². The van der Waals surface area contributed by atoms with Gasteiger partial charge in [0.1, 0.15) is 5.75 Å². The Balaban J connectivity index is 2.15. The van der Waals surface area contributed by atoms with Gasteiger partial charge in [0, 0.05) is 12.1 Å². The molecule has 0 saturated heterocycles. The molecule has 0 bridgehead atoms. The van der Waals surface area contributed by atoms with Gasteiger partial charge in [0.05, 0.1) is 23.8 Å². The topological polar surface area (TPSA) is 66.8 Å². The Bertz CT molecular complexity index is 892. The minimum absolute atomic E-state index is 0.275. The van der Waals surface area contributed by atoms with Gasteiger partial charge in [-0.1, -0.05) is 18.2 Å². The summed E-state index contributed by atoms with van der Waals surface area (Å²) in [5.41, 5.74) is 2.71. The lowest BCUT2D eigenvalue weighted by molar-refractivity contribution is 0.168. The first-order valence-electron chi connectivity index (χ1n) is 8.32. The summed E-state index contributed by atoms with van der Waals surface area (Å²) in [6.07, 6.45) is 0.502. The molecule has 0 amide bonds. The SMILES string of the molecule is COc1ccc(S(=O)(=O)N2CCC[C@H](O)c3ccccc32)c(C)c1C. The van der Waals surface area contributed by atoms with Crippen LogP contribution in [0.25, 0.3) is 0 Å². The number of aliphatic hydroxyl groups excluding tert-OH is 1. The van der Waals surface area contributed by atoms with E-state index >= 15 is 0 Å². The van der Waals surface area contributed by atoms with Crippen molar-refractivity contribution in [2.75, 3.05) is 18.0 Å². The number of ether oxygens (including phenoxy) is 1. The second-order valence-electron chi connectivity index (χ2n) is 6.31. The molecule has 0 aliphatic carbocycles. The summed E-state index contributed by atoms with van der Waals surface area (Å²) in [5, 5.41) is 10.3. The van der Waals surface area contributed by atoms with Crippen LogP contribution in [0.2, 0.25) is 0 Å². The van der Waals surface area contributed by atoms with Gasteiger partial charge < -0.3 is 9.84 Å². The van der Waals surface area contributed by atoms with E-state index in [1.165, 1.54) is 4.31 Å². The van der Waals surface area contributed by atoms with Gasteiger partial charge in [-0.05, 0) is 56.0 Å². The molecule has 2 aromatic rings. The third-order valence-corrected chi connectivity index (χ3v) is 6.84. The molecule has 3 rings (SSSR count). The zero-order chi connectivity index (χ0) is 18.2. The van der Waals surface area contributed by atoms with Crippen molar-refractivity contribution >= 4 is 15.7 Å². The highest BCUT2D eigenvalue weighted by Crippen LogP contribution is 2.37. The van der Waals surface area contributed by atoms with E-state index in [9.17, 15) is 13.5 Å². The lowest BCUT2D eigenvalue weighted by Crippen LogP contribution is -2.32. The number of hydrogen-bond acceptors (Lipinski definition) is 4. The second-order valence-corrected chi connectivity index (χ2v) is 8.14. The molecule has 0 spiro atoms. The fourth-order valence-corrected chi connectivity index (χ4v) is 5.15. The molecule has 1 N–H and O–H groups in total. The van der Waals surface area contributed by atoms with Gasteiger partial charge >= 0.3 is 0 Å². The Kier molecular flexibility index (Phi) is 4.75. The molecule has 25 heavy (non-hydrogen) atoms. The van der Waals surface area contributed by atoms with E-state index < -0.39 is 16.1 Å². The summed E-state index contributed by atoms with van der Waals surface area (Å²) in [6.45, 7) is 4.00. The van der Waals surface area contributed by atoms with E-state index in [-0.39, 0.29) is 4.90 Å². The average Bonchev–Trinajstić information content (AvgIpc) is 2.77. The van der Waals surface area contributed by atoms with Crippen molar-refractivity contribution in [1.29, 1.82) is 0 Å². The van der Waals surface area contributed by atoms with Gasteiger partial charge in [-0.2, -0.15) is 0 Å². The zero-order valence-electron chi connectivity index (χ0n) is 14.7. The summed E-state index contributed by atoms with van der Waals surface area (Å²) in [7, 11) is -2.16. The number of fused-ring (bicyclic) bond motifs is 1. The smallest absolute Gasteiger partial charge is 0.264 e. The Hall–Kier alpha value is -2.05. The van der Waals surface area contributed by atoms with Crippen LogP contribution < -0.4 is 9.04 Å². The molecule has 5 nitrogen and oxygen atoms in total. The number of methoxy groups -OCH3 is 1. The molecule has 134 valence electrons. The van der Waals surface area contributed by atoms with Gasteiger partial charge in [0.25, 0.3) is 10.0 Å². The highest BCUT2D eigenvalue weighted by molar-refractivity contribution is 7.92. The Morgan fingerprint density at radius 2 is 1.84 bits per heavy atom. The predicted octanol–water partition coefficient (Wildman–Crippen LogP) is 3.33. The standard InChI is InChI=1S/C19H23NO4S/c1-13-14(2)19(11-10-18(13)24-3)25(22,23)20-12-6-9-17(21)15-7-4-5-8-16(15)20/h4-5,7-8,10-11,17,21H,6,9,12H2,1-3H3/t17-/m0/s1. The normalized spacial score (nSPS) is 17.8. The van der Waals surface area contributed by atoms with Crippen LogP contribution in [0.3, 0.4) is 0 Å². The molecule has 0 unspecified atom stereocenters. The molecule has 0 aromatic heterocycles. The molecular weight excluding hydrogens is 338 g/mol. The summed E-state index contributed by atoms with van der Waals surface area (Å²) in [5.74, 6) is 0.670. The molecule has 1 atom stereocenters. The van der Waals surface area contributed by atoms with E-state index in [0.29, 0.717) is 42.0 Å². The number of benzene rings is 2. The molecule has 1 aliphatic rings. The molecule has 0 fully saturated rings. The molecule has 2 aromatic carbocycles. The Morgan fingerprint density at radius 3 is 2.56 bits per heavy atom. The zero-order valence-corrected chi connectivity index (χ0v) is 15.5. The Morgan fingerprint density at radius 1 is 1.12 bits per heavy atom. The molecule has 0 saturated carbocycles. The molecule has 0 radical (unpaired) electrons. The maximum atomic E-state index is 13.4. The van der Waals surface area contributed by atoms with Crippen molar-refractivity contribution in [2.24, 2.45) is 0 Å². The number of hydrogen-bond donors (Lipinski definition) is 1. The third-order valence-electron chi connectivity index (χ3n) is 4.88. The lowest BCUT2D eigenvalue weighted by atomic mass is 10.1. The van der Waals surface area contributed by atoms with Crippen LogP contribution in [-0.4, -0.2) is 27.2 Å². The van der Waals surface area contributed by atoms with Crippen LogP contribution in [-0.2, 0) is 10.0 Å². The lowest BCUT2D eigenvalue weighted by Gasteiger charge is -2.26. The number of nitrogens with zero attached hydrogens (tertiary/aromatic N) is 1. The van der Waals surface area contributed by atoms with Gasteiger partial charge in [-0.15, -0.1) is 0 Å². The number of rotatable bonds is 3. The summed E-state index contributed by atoms with van der Waals surface area (Å²) in [6, 6.07) is 10.5. The van der Waals surface area contributed by atoms with Crippen LogP contribution in [0.1, 0.15) is 35.6 Å². The van der Waals surface area contributed by atoms with Crippen molar-refractivity contribution in [1.82, 2.24) is 0 Å². The first-order valence-corrected chi connectivity index (χ1v) is 9.76. The molecular formula is C19H23NO4S. The van der Waals surface area contributed by atoms with E-state index in [4.69, 9.17) is 4.74 Å². The van der Waals surface area contributed by atoms with Crippen molar-refractivity contribution in [2.45, 2.75) is 37.7 Å². The van der Waals surface area contributed by atoms with Crippen LogP contribution in [0.5, 0.6) is 5.75 Å². The quantitative estimate of drug-likeness (QED) is 0.910. The second kappa shape index (κ2) is 6.69. The fourth-order valence-electron chi connectivity index (χ4n) is 3.34. The number of anilines is 1. The van der Waals surface area contributed by atoms with Crippen molar-refractivity contribution < 1.29 is 18.3 Å². The van der Waals surface area contributed by atoms with Crippen molar-refractivity contribution in [3.63, 3.8) is 0 Å². The van der Waals surface area contributed by atoms with Crippen LogP contribution in [0.15, 0.2) is 41.3 Å². The van der Waals surface area contributed by atoms with Gasteiger partial charge in [0.15, 0.2) is 0 Å². The van der Waals surface area contributed by atoms with Crippen LogP contribution in [0.4, 0.5) is 5.69 Å². The minimum atomic E-state index is -3.73. The van der Waals surface area contributed by atoms with Gasteiger partial charge in [-0.3, -0.25) is 4.31 Å². The van der Waals surface area contributed by atoms with E-state index in [2.05, 4.69) is 0 Å². The van der Waals surface area contributed by atoms with Crippen LogP contribution >= 0.6 is 0 Å². The third kappa shape index (κ3) is 3.00. The van der Waals surface area contributed by atoms with Crippen molar-refractivity contribution in [3.05, 3.63) is 53.1 Å². The molecule has 6 heteroatoms.